The maximum Gasteiger partial charge on any atom is 0.130 e. The number of hydrogen-bond donors (Lipinski definition) is 1. The van der Waals surface area contributed by atoms with Crippen molar-refractivity contribution in [1.29, 1.82) is 0 Å². The number of pyridine rings is 2. The molecule has 1 N–H and O–H groups in total. The Hall–Kier alpha value is -3.29. The zero-order valence-electron chi connectivity index (χ0n) is 18.6. The number of hydrogen-bond acceptors (Lipinski definition) is 6. The van der Waals surface area contributed by atoms with Gasteiger partial charge in [0.05, 0.1) is 31.6 Å². The predicted molar refractivity (Wildman–Crippen MR) is 126 cm³/mol. The van der Waals surface area contributed by atoms with E-state index < -0.39 is 0 Å². The maximum absolute atomic E-state index is 5.67. The van der Waals surface area contributed by atoms with Crippen LogP contribution in [0.25, 0.3) is 33.4 Å². The van der Waals surface area contributed by atoms with Gasteiger partial charge in [-0.2, -0.15) is 5.10 Å². The molecular weight excluding hydrogens is 402 g/mol. The van der Waals surface area contributed by atoms with Crippen molar-refractivity contribution in [2.75, 3.05) is 31.8 Å². The summed E-state index contributed by atoms with van der Waals surface area (Å²) in [5.74, 6) is 0.939. The fourth-order valence-corrected chi connectivity index (χ4v) is 4.41. The Morgan fingerprint density at radius 3 is 2.94 bits per heavy atom. The summed E-state index contributed by atoms with van der Waals surface area (Å²) < 4.78 is 11.0. The van der Waals surface area contributed by atoms with Crippen molar-refractivity contribution in [2.45, 2.75) is 26.5 Å². The Morgan fingerprint density at radius 2 is 2.16 bits per heavy atom. The summed E-state index contributed by atoms with van der Waals surface area (Å²) in [5, 5.41) is 8.29. The quantitative estimate of drug-likeness (QED) is 0.508. The van der Waals surface area contributed by atoms with E-state index >= 15 is 0 Å². The normalized spacial score (nSPS) is 16.6. The van der Waals surface area contributed by atoms with Gasteiger partial charge in [-0.1, -0.05) is 18.2 Å². The van der Waals surface area contributed by atoms with Crippen molar-refractivity contribution in [2.24, 2.45) is 0 Å². The van der Waals surface area contributed by atoms with Crippen molar-refractivity contribution in [3.63, 3.8) is 0 Å². The van der Waals surface area contributed by atoms with Gasteiger partial charge in [-0.25, -0.2) is 4.98 Å². The van der Waals surface area contributed by atoms with E-state index in [2.05, 4.69) is 59.3 Å². The molecule has 1 saturated heterocycles. The van der Waals surface area contributed by atoms with E-state index in [-0.39, 0.29) is 6.04 Å². The standard InChI is InChI=1S/C25H27N5O2/c1-16-13-26-24(21-7-8-27-29-21)25-23(16)20(19-6-4-5-18(11-19)15-31-3)12-22(28-25)30-9-10-32-14-17(30)2/h4-8,11-13,17H,9-10,14-15H2,1-3H3,(H,27,29). The van der Waals surface area contributed by atoms with Crippen LogP contribution < -0.4 is 4.90 Å². The van der Waals surface area contributed by atoms with Crippen molar-refractivity contribution in [1.82, 2.24) is 20.2 Å². The minimum absolute atomic E-state index is 0.245. The van der Waals surface area contributed by atoms with Crippen LogP contribution in [0.1, 0.15) is 18.1 Å². The fraction of sp³-hybridized carbons (Fsp3) is 0.320. The number of aromatic nitrogens is 4. The molecule has 1 aliphatic heterocycles. The lowest BCUT2D eigenvalue weighted by Crippen LogP contribution is -2.44. The second-order valence-electron chi connectivity index (χ2n) is 8.26. The molecular formula is C25H27N5O2. The second kappa shape index (κ2) is 8.68. The third-order valence-electron chi connectivity index (χ3n) is 5.98. The highest BCUT2D eigenvalue weighted by atomic mass is 16.5. The van der Waals surface area contributed by atoms with Crippen molar-refractivity contribution >= 4 is 16.7 Å². The molecule has 0 radical (unpaired) electrons. The molecule has 0 bridgehead atoms. The molecule has 1 aliphatic rings. The molecule has 1 aromatic carbocycles. The lowest BCUT2D eigenvalue weighted by Gasteiger charge is -2.34. The van der Waals surface area contributed by atoms with Crippen LogP contribution in [0.3, 0.4) is 0 Å². The van der Waals surface area contributed by atoms with Gasteiger partial charge in [-0.3, -0.25) is 10.1 Å². The van der Waals surface area contributed by atoms with Crippen molar-refractivity contribution in [3.05, 3.63) is 59.9 Å². The number of benzene rings is 1. The summed E-state index contributed by atoms with van der Waals surface area (Å²) in [6, 6.07) is 12.9. The molecule has 1 fully saturated rings. The molecule has 1 unspecified atom stereocenters. The summed E-state index contributed by atoms with van der Waals surface area (Å²) in [4.78, 5) is 12.2. The topological polar surface area (TPSA) is 76.2 Å². The molecule has 1 atom stereocenters. The van der Waals surface area contributed by atoms with Gasteiger partial charge in [0.25, 0.3) is 0 Å². The summed E-state index contributed by atoms with van der Waals surface area (Å²) in [6.07, 6.45) is 3.66. The predicted octanol–water partition coefficient (Wildman–Crippen LogP) is 4.37. The Bertz CT molecular complexity index is 1240. The van der Waals surface area contributed by atoms with Crippen LogP contribution in [0.5, 0.6) is 0 Å². The molecule has 0 spiro atoms. The number of nitrogens with one attached hydrogen (secondary N) is 1. The third kappa shape index (κ3) is 3.74. The van der Waals surface area contributed by atoms with Gasteiger partial charge in [0.1, 0.15) is 17.0 Å². The van der Waals surface area contributed by atoms with Crippen LogP contribution >= 0.6 is 0 Å². The van der Waals surface area contributed by atoms with E-state index in [9.17, 15) is 0 Å². The number of aryl methyl sites for hydroxylation is 1. The zero-order chi connectivity index (χ0) is 22.1. The molecule has 0 amide bonds. The van der Waals surface area contributed by atoms with E-state index in [1.54, 1.807) is 13.3 Å². The van der Waals surface area contributed by atoms with Crippen molar-refractivity contribution < 1.29 is 9.47 Å². The first-order chi connectivity index (χ1) is 15.7. The van der Waals surface area contributed by atoms with Gasteiger partial charge in [0, 0.05) is 31.4 Å². The number of rotatable bonds is 5. The van der Waals surface area contributed by atoms with Crippen LogP contribution in [0.4, 0.5) is 5.82 Å². The Kier molecular flexibility index (Phi) is 5.59. The Morgan fingerprint density at radius 1 is 1.25 bits per heavy atom. The molecule has 7 heteroatoms. The van der Waals surface area contributed by atoms with E-state index in [1.807, 2.05) is 12.3 Å². The SMILES string of the molecule is COCc1cccc(-c2cc(N3CCOCC3C)nc3c(-c4ccn[nH]4)ncc(C)c23)c1. The van der Waals surface area contributed by atoms with Crippen LogP contribution in [0, 0.1) is 6.92 Å². The highest BCUT2D eigenvalue weighted by Gasteiger charge is 2.24. The van der Waals surface area contributed by atoms with Gasteiger partial charge in [-0.15, -0.1) is 0 Å². The fourth-order valence-electron chi connectivity index (χ4n) is 4.41. The highest BCUT2D eigenvalue weighted by Crippen LogP contribution is 2.37. The van der Waals surface area contributed by atoms with E-state index in [0.717, 1.165) is 56.9 Å². The number of fused-ring (bicyclic) bond motifs is 1. The number of aromatic amines is 1. The lowest BCUT2D eigenvalue weighted by atomic mass is 9.96. The van der Waals surface area contributed by atoms with Gasteiger partial charge >= 0.3 is 0 Å². The molecule has 4 heterocycles. The zero-order valence-corrected chi connectivity index (χ0v) is 18.6. The lowest BCUT2D eigenvalue weighted by molar-refractivity contribution is 0.0986. The number of methoxy groups -OCH3 is 1. The van der Waals surface area contributed by atoms with E-state index in [4.69, 9.17) is 19.4 Å². The molecule has 3 aromatic heterocycles. The van der Waals surface area contributed by atoms with Crippen LogP contribution in [-0.2, 0) is 16.1 Å². The molecule has 164 valence electrons. The first kappa shape index (κ1) is 20.6. The first-order valence-electron chi connectivity index (χ1n) is 10.9. The number of H-pyrrole nitrogens is 1. The van der Waals surface area contributed by atoms with Crippen LogP contribution in [0.2, 0.25) is 0 Å². The Balaban J connectivity index is 1.79. The number of nitrogens with zero attached hydrogens (tertiary/aromatic N) is 4. The summed E-state index contributed by atoms with van der Waals surface area (Å²) >= 11 is 0. The monoisotopic (exact) mass is 429 g/mol. The third-order valence-corrected chi connectivity index (χ3v) is 5.98. The Labute approximate surface area is 187 Å². The van der Waals surface area contributed by atoms with E-state index in [0.29, 0.717) is 19.8 Å². The molecule has 0 aliphatic carbocycles. The average molecular weight is 430 g/mol. The number of morpholine rings is 1. The number of anilines is 1. The minimum Gasteiger partial charge on any atom is -0.380 e. The average Bonchev–Trinajstić information content (AvgIpc) is 3.34. The van der Waals surface area contributed by atoms with E-state index in [1.165, 1.54) is 0 Å². The highest BCUT2D eigenvalue weighted by molar-refractivity contribution is 6.03. The largest absolute Gasteiger partial charge is 0.380 e. The van der Waals surface area contributed by atoms with Crippen molar-refractivity contribution in [3.8, 4) is 22.5 Å². The molecule has 7 nitrogen and oxygen atoms in total. The molecule has 4 aromatic rings. The minimum atomic E-state index is 0.245. The van der Waals surface area contributed by atoms with Crippen LogP contribution in [0.15, 0.2) is 48.8 Å². The van der Waals surface area contributed by atoms with Gasteiger partial charge in [0.2, 0.25) is 0 Å². The summed E-state index contributed by atoms with van der Waals surface area (Å²) in [6.45, 7) is 7.03. The van der Waals surface area contributed by atoms with Gasteiger partial charge < -0.3 is 14.4 Å². The first-order valence-corrected chi connectivity index (χ1v) is 10.9. The number of ether oxygens (including phenoxy) is 2. The van der Waals surface area contributed by atoms with Gasteiger partial charge in [0.15, 0.2) is 0 Å². The molecule has 32 heavy (non-hydrogen) atoms. The second-order valence-corrected chi connectivity index (χ2v) is 8.26. The molecule has 0 saturated carbocycles. The smallest absolute Gasteiger partial charge is 0.130 e. The van der Waals surface area contributed by atoms with Gasteiger partial charge in [-0.05, 0) is 54.3 Å². The van der Waals surface area contributed by atoms with Crippen LogP contribution in [-0.4, -0.2) is 53.1 Å². The molecule has 5 rings (SSSR count). The summed E-state index contributed by atoms with van der Waals surface area (Å²) in [5.41, 5.74) is 7.04. The summed E-state index contributed by atoms with van der Waals surface area (Å²) in [7, 11) is 1.72. The maximum atomic E-state index is 5.67.